The molecule has 1 aromatic carbocycles. The van der Waals surface area contributed by atoms with Crippen LogP contribution in [0.1, 0.15) is 23.8 Å². The minimum Gasteiger partial charge on any atom is -0.287 e. The molecule has 1 aliphatic rings. The molecule has 4 rings (SSSR count). The van der Waals surface area contributed by atoms with Crippen molar-refractivity contribution < 1.29 is 0 Å². The lowest BCUT2D eigenvalue weighted by Gasteiger charge is -2.08. The Hall–Kier alpha value is -1.85. The van der Waals surface area contributed by atoms with Crippen LogP contribution >= 0.6 is 23.1 Å². The summed E-state index contributed by atoms with van der Waals surface area (Å²) in [4.78, 5) is 19.8. The van der Waals surface area contributed by atoms with Gasteiger partial charge in [0.05, 0.1) is 0 Å². The molecule has 0 unspecified atom stereocenters. The minimum atomic E-state index is 0.128. The van der Waals surface area contributed by atoms with Gasteiger partial charge in [-0.05, 0) is 38.3 Å². The number of hydrogen-bond donors (Lipinski definition) is 0. The maximum Gasteiger partial charge on any atom is 0.211 e. The van der Waals surface area contributed by atoms with Crippen LogP contribution in [0.3, 0.4) is 0 Å². The lowest BCUT2D eigenvalue weighted by atomic mass is 10.2. The molecule has 0 bridgehead atoms. The van der Waals surface area contributed by atoms with Crippen molar-refractivity contribution in [1.29, 1.82) is 0 Å². The van der Waals surface area contributed by atoms with E-state index in [2.05, 4.69) is 23.3 Å². The van der Waals surface area contributed by atoms with Gasteiger partial charge < -0.3 is 0 Å². The Bertz CT molecular complexity index is 986. The molecule has 0 N–H and O–H groups in total. The molecule has 2 aromatic heterocycles. The van der Waals surface area contributed by atoms with Gasteiger partial charge in [-0.3, -0.25) is 9.36 Å². The fourth-order valence-corrected chi connectivity index (χ4v) is 5.28. The summed E-state index contributed by atoms with van der Waals surface area (Å²) in [6, 6.07) is 10.2. The molecule has 0 aliphatic heterocycles. The summed E-state index contributed by atoms with van der Waals surface area (Å²) in [6.07, 6.45) is 2.99. The summed E-state index contributed by atoms with van der Waals surface area (Å²) in [7, 11) is 0. The Labute approximate surface area is 149 Å². The number of thioether (sulfide) groups is 1. The van der Waals surface area contributed by atoms with E-state index >= 15 is 0 Å². The molecule has 5 heteroatoms. The third kappa shape index (κ3) is 2.62. The lowest BCUT2D eigenvalue weighted by Crippen LogP contribution is -2.07. The first kappa shape index (κ1) is 15.7. The van der Waals surface area contributed by atoms with Crippen LogP contribution in [-0.4, -0.2) is 15.3 Å². The number of para-hydroxylation sites is 1. The molecule has 24 heavy (non-hydrogen) atoms. The number of hydrogen-bond acceptors (Lipinski definition) is 4. The van der Waals surface area contributed by atoms with Crippen molar-refractivity contribution >= 4 is 33.4 Å². The fourth-order valence-electron chi connectivity index (χ4n) is 3.05. The van der Waals surface area contributed by atoms with Crippen LogP contribution in [0.25, 0.3) is 16.0 Å². The van der Waals surface area contributed by atoms with Crippen molar-refractivity contribution in [2.24, 2.45) is 0 Å². The monoisotopic (exact) mass is 354 g/mol. The maximum atomic E-state index is 12.9. The third-order valence-electron chi connectivity index (χ3n) is 4.14. The van der Waals surface area contributed by atoms with E-state index in [0.717, 1.165) is 51.8 Å². The van der Waals surface area contributed by atoms with E-state index in [1.165, 1.54) is 4.88 Å². The van der Waals surface area contributed by atoms with Crippen LogP contribution in [0, 0.1) is 0 Å². The largest absolute Gasteiger partial charge is 0.287 e. The highest BCUT2D eigenvalue weighted by molar-refractivity contribution is 7.99. The normalized spacial score (nSPS) is 13.4. The highest BCUT2D eigenvalue weighted by Gasteiger charge is 2.23. The van der Waals surface area contributed by atoms with Gasteiger partial charge >= 0.3 is 0 Å². The minimum absolute atomic E-state index is 0.128. The first-order chi connectivity index (χ1) is 11.6. The molecule has 3 aromatic rings. The second-order valence-corrected chi connectivity index (χ2v) is 8.18. The molecule has 0 saturated heterocycles. The number of fused-ring (bicyclic) bond motifs is 2. The van der Waals surface area contributed by atoms with E-state index in [9.17, 15) is 4.79 Å². The maximum absolute atomic E-state index is 12.9. The van der Waals surface area contributed by atoms with Crippen molar-refractivity contribution in [2.45, 2.75) is 31.3 Å². The molecule has 0 atom stereocenters. The number of benzene rings is 1. The number of aryl methyl sites for hydroxylation is 1. The zero-order valence-corrected chi connectivity index (χ0v) is 15.2. The summed E-state index contributed by atoms with van der Waals surface area (Å²) in [5.41, 5.74) is 3.89. The van der Waals surface area contributed by atoms with Gasteiger partial charge in [0.15, 0.2) is 5.16 Å². The van der Waals surface area contributed by atoms with E-state index in [-0.39, 0.29) is 5.43 Å². The second kappa shape index (κ2) is 6.22. The summed E-state index contributed by atoms with van der Waals surface area (Å²) < 4.78 is 2.13. The van der Waals surface area contributed by atoms with Gasteiger partial charge in [0, 0.05) is 21.9 Å². The van der Waals surface area contributed by atoms with E-state index in [1.54, 1.807) is 23.1 Å². The van der Waals surface area contributed by atoms with Gasteiger partial charge in [-0.15, -0.1) is 11.3 Å². The van der Waals surface area contributed by atoms with E-state index in [4.69, 9.17) is 4.98 Å². The molecule has 1 aliphatic carbocycles. The van der Waals surface area contributed by atoms with E-state index < -0.39 is 0 Å². The zero-order chi connectivity index (χ0) is 16.7. The molecule has 2 heterocycles. The first-order valence-electron chi connectivity index (χ1n) is 8.05. The van der Waals surface area contributed by atoms with Crippen LogP contribution < -0.4 is 5.43 Å². The molecule has 0 radical (unpaired) electrons. The molecule has 3 nitrogen and oxygen atoms in total. The third-order valence-corrected chi connectivity index (χ3v) is 6.58. The van der Waals surface area contributed by atoms with Gasteiger partial charge in [0.1, 0.15) is 10.3 Å². The van der Waals surface area contributed by atoms with Crippen molar-refractivity contribution in [3.63, 3.8) is 0 Å². The van der Waals surface area contributed by atoms with Crippen LogP contribution in [0.2, 0.25) is 0 Å². The average molecular weight is 355 g/mol. The SMILES string of the molecule is C=C(C)CSc1nc2c(=O)c3c(sc2n1-c1ccccc1)CCC3. The summed E-state index contributed by atoms with van der Waals surface area (Å²) in [5, 5.41) is 0.872. The number of nitrogens with zero attached hydrogens (tertiary/aromatic N) is 2. The van der Waals surface area contributed by atoms with Crippen molar-refractivity contribution in [2.75, 3.05) is 5.75 Å². The second-order valence-electron chi connectivity index (χ2n) is 6.15. The van der Waals surface area contributed by atoms with Crippen molar-refractivity contribution in [1.82, 2.24) is 9.55 Å². The molecular weight excluding hydrogens is 336 g/mol. The topological polar surface area (TPSA) is 34.9 Å². The van der Waals surface area contributed by atoms with Crippen LogP contribution in [0.5, 0.6) is 0 Å². The Morgan fingerprint density at radius 1 is 1.33 bits per heavy atom. The first-order valence-corrected chi connectivity index (χ1v) is 9.85. The van der Waals surface area contributed by atoms with Crippen molar-refractivity contribution in [3.8, 4) is 5.69 Å². The van der Waals surface area contributed by atoms with Gasteiger partial charge in [0.2, 0.25) is 5.43 Å². The molecule has 0 fully saturated rings. The lowest BCUT2D eigenvalue weighted by molar-refractivity contribution is 0.911. The summed E-state index contributed by atoms with van der Waals surface area (Å²) in [5.74, 6) is 0.800. The molecule has 0 saturated carbocycles. The van der Waals surface area contributed by atoms with Crippen LogP contribution in [0.15, 0.2) is 52.4 Å². The standard InChI is InChI=1S/C19H18N2OS2/c1-12(2)11-23-19-20-16-17(22)14-9-6-10-15(14)24-18(16)21(19)13-7-4-3-5-8-13/h3-5,7-8H,1,6,9-11H2,2H3. The molecular formula is C19H18N2OS2. The number of aromatic nitrogens is 2. The van der Waals surface area contributed by atoms with Gasteiger partial charge in [0.25, 0.3) is 0 Å². The predicted octanol–water partition coefficient (Wildman–Crippen LogP) is 4.60. The van der Waals surface area contributed by atoms with E-state index in [0.29, 0.717) is 5.52 Å². The molecule has 0 spiro atoms. The van der Waals surface area contributed by atoms with Crippen molar-refractivity contribution in [3.05, 3.63) is 63.1 Å². The smallest absolute Gasteiger partial charge is 0.211 e. The number of rotatable bonds is 4. The molecule has 0 amide bonds. The molecule has 122 valence electrons. The van der Waals surface area contributed by atoms with Gasteiger partial charge in [-0.1, -0.05) is 42.1 Å². The van der Waals surface area contributed by atoms with Crippen LogP contribution in [-0.2, 0) is 12.8 Å². The Kier molecular flexibility index (Phi) is 4.06. The Balaban J connectivity index is 1.98. The van der Waals surface area contributed by atoms with Gasteiger partial charge in [-0.25, -0.2) is 4.98 Å². The summed E-state index contributed by atoms with van der Waals surface area (Å²) in [6.45, 7) is 5.99. The zero-order valence-electron chi connectivity index (χ0n) is 13.5. The average Bonchev–Trinajstić information content (AvgIpc) is 3.18. The Morgan fingerprint density at radius 3 is 2.88 bits per heavy atom. The fraction of sp³-hybridized carbons (Fsp3) is 0.263. The quantitative estimate of drug-likeness (QED) is 0.507. The summed E-state index contributed by atoms with van der Waals surface area (Å²) >= 11 is 3.37. The number of imidazole rings is 1. The highest BCUT2D eigenvalue weighted by atomic mass is 32.2. The van der Waals surface area contributed by atoms with Gasteiger partial charge in [-0.2, -0.15) is 0 Å². The highest BCUT2D eigenvalue weighted by Crippen LogP contribution is 2.34. The van der Waals surface area contributed by atoms with Crippen LogP contribution in [0.4, 0.5) is 0 Å². The van der Waals surface area contributed by atoms with E-state index in [1.807, 2.05) is 25.1 Å². The predicted molar refractivity (Wildman–Crippen MR) is 103 cm³/mol. The Morgan fingerprint density at radius 2 is 2.12 bits per heavy atom.